The van der Waals surface area contributed by atoms with E-state index in [2.05, 4.69) is 15.6 Å². The molecule has 1 fully saturated rings. The van der Waals surface area contributed by atoms with Gasteiger partial charge in [0.25, 0.3) is 0 Å². The first-order valence-electron chi connectivity index (χ1n) is 6.14. The zero-order valence-electron chi connectivity index (χ0n) is 10.6. The van der Waals surface area contributed by atoms with Gasteiger partial charge in [-0.15, -0.1) is 0 Å². The minimum atomic E-state index is -0.384. The third kappa shape index (κ3) is 5.03. The fourth-order valence-corrected chi connectivity index (χ4v) is 1.86. The molecule has 0 saturated carbocycles. The van der Waals surface area contributed by atoms with Gasteiger partial charge in [0.05, 0.1) is 0 Å². The lowest BCUT2D eigenvalue weighted by atomic mass is 10.1. The standard InChI is InChI=1S/C11H21N5O2/c1-7-6-8(10(18)15-7)16-9(17)4-2-3-5-14-11(12)13/h7-8H,2-6H2,1H3,(H,15,18)(H,16,17)(H4,12,13,14)/t7?,8-/m0/s1. The summed E-state index contributed by atoms with van der Waals surface area (Å²) in [5.74, 6) is -0.138. The summed E-state index contributed by atoms with van der Waals surface area (Å²) in [6.45, 7) is 2.44. The van der Waals surface area contributed by atoms with Crippen molar-refractivity contribution in [2.24, 2.45) is 16.5 Å². The second kappa shape index (κ2) is 6.83. The van der Waals surface area contributed by atoms with E-state index in [1.807, 2.05) is 6.92 Å². The average Bonchev–Trinajstić information content (AvgIpc) is 2.56. The first-order valence-corrected chi connectivity index (χ1v) is 6.14. The Kier molecular flexibility index (Phi) is 5.41. The molecule has 1 rings (SSSR count). The van der Waals surface area contributed by atoms with Crippen molar-refractivity contribution >= 4 is 17.8 Å². The molecule has 0 aliphatic carbocycles. The van der Waals surface area contributed by atoms with Crippen molar-refractivity contribution in [2.45, 2.75) is 44.7 Å². The van der Waals surface area contributed by atoms with Crippen LogP contribution in [0.4, 0.5) is 0 Å². The topological polar surface area (TPSA) is 123 Å². The van der Waals surface area contributed by atoms with Crippen molar-refractivity contribution in [3.8, 4) is 0 Å². The maximum Gasteiger partial charge on any atom is 0.242 e. The van der Waals surface area contributed by atoms with Gasteiger partial charge in [0.2, 0.25) is 11.8 Å². The fourth-order valence-electron chi connectivity index (χ4n) is 1.86. The lowest BCUT2D eigenvalue weighted by Gasteiger charge is -2.09. The lowest BCUT2D eigenvalue weighted by Crippen LogP contribution is -2.40. The van der Waals surface area contributed by atoms with Crippen LogP contribution in [0.2, 0.25) is 0 Å². The maximum atomic E-state index is 11.6. The van der Waals surface area contributed by atoms with Crippen LogP contribution in [0, 0.1) is 0 Å². The first-order chi connectivity index (χ1) is 8.49. The number of nitrogens with zero attached hydrogens (tertiary/aromatic N) is 1. The smallest absolute Gasteiger partial charge is 0.242 e. The van der Waals surface area contributed by atoms with Gasteiger partial charge in [0.1, 0.15) is 6.04 Å². The zero-order valence-corrected chi connectivity index (χ0v) is 10.6. The Labute approximate surface area is 106 Å². The zero-order chi connectivity index (χ0) is 13.5. The van der Waals surface area contributed by atoms with Crippen molar-refractivity contribution in [3.63, 3.8) is 0 Å². The summed E-state index contributed by atoms with van der Waals surface area (Å²) in [4.78, 5) is 26.8. The van der Waals surface area contributed by atoms with Crippen molar-refractivity contribution < 1.29 is 9.59 Å². The summed E-state index contributed by atoms with van der Waals surface area (Å²) in [6.07, 6.45) is 2.49. The van der Waals surface area contributed by atoms with Crippen LogP contribution in [0.3, 0.4) is 0 Å². The molecule has 0 aromatic carbocycles. The molecule has 1 heterocycles. The SMILES string of the molecule is CC1C[C@H](NC(=O)CCCCN=C(N)N)C(=O)N1. The highest BCUT2D eigenvalue weighted by atomic mass is 16.2. The van der Waals surface area contributed by atoms with Gasteiger partial charge in [-0.25, -0.2) is 0 Å². The molecular formula is C11H21N5O2. The van der Waals surface area contributed by atoms with Gasteiger partial charge in [-0.1, -0.05) is 0 Å². The summed E-state index contributed by atoms with van der Waals surface area (Å²) in [5, 5.41) is 5.48. The molecule has 0 spiro atoms. The number of nitrogens with one attached hydrogen (secondary N) is 2. The normalized spacial score (nSPS) is 22.4. The molecule has 0 radical (unpaired) electrons. The Hall–Kier alpha value is -1.79. The number of hydrogen-bond donors (Lipinski definition) is 4. The number of guanidine groups is 1. The minimum absolute atomic E-state index is 0.0658. The third-order valence-electron chi connectivity index (χ3n) is 2.74. The number of carbonyl (C=O) groups is 2. The molecule has 1 aliphatic rings. The van der Waals surface area contributed by atoms with E-state index >= 15 is 0 Å². The molecule has 18 heavy (non-hydrogen) atoms. The van der Waals surface area contributed by atoms with E-state index < -0.39 is 0 Å². The largest absolute Gasteiger partial charge is 0.370 e. The van der Waals surface area contributed by atoms with Gasteiger partial charge in [-0.3, -0.25) is 14.6 Å². The Bertz CT molecular complexity index is 338. The number of nitrogens with two attached hydrogens (primary N) is 2. The highest BCUT2D eigenvalue weighted by Crippen LogP contribution is 2.07. The van der Waals surface area contributed by atoms with Gasteiger partial charge in [0, 0.05) is 19.0 Å². The number of rotatable bonds is 6. The molecule has 0 bridgehead atoms. The molecule has 2 atom stereocenters. The van der Waals surface area contributed by atoms with Crippen molar-refractivity contribution in [1.29, 1.82) is 0 Å². The molecular weight excluding hydrogens is 234 g/mol. The molecule has 6 N–H and O–H groups in total. The quantitative estimate of drug-likeness (QED) is 0.271. The molecule has 0 aromatic rings. The van der Waals surface area contributed by atoms with Gasteiger partial charge >= 0.3 is 0 Å². The van der Waals surface area contributed by atoms with Crippen molar-refractivity contribution in [3.05, 3.63) is 0 Å². The lowest BCUT2D eigenvalue weighted by molar-refractivity contribution is -0.127. The van der Waals surface area contributed by atoms with Crippen LogP contribution < -0.4 is 22.1 Å². The second-order valence-electron chi connectivity index (χ2n) is 4.53. The number of carbonyl (C=O) groups excluding carboxylic acids is 2. The molecule has 2 amide bonds. The van der Waals surface area contributed by atoms with Gasteiger partial charge in [-0.05, 0) is 26.2 Å². The fraction of sp³-hybridized carbons (Fsp3) is 0.727. The molecule has 1 unspecified atom stereocenters. The highest BCUT2D eigenvalue weighted by molar-refractivity contribution is 5.89. The average molecular weight is 255 g/mol. The Morgan fingerprint density at radius 3 is 2.78 bits per heavy atom. The number of aliphatic imine (C=N–C) groups is 1. The predicted octanol–water partition coefficient (Wildman–Crippen LogP) is -1.18. The van der Waals surface area contributed by atoms with Crippen molar-refractivity contribution in [1.82, 2.24) is 10.6 Å². The van der Waals surface area contributed by atoms with Crippen LogP contribution in [0.15, 0.2) is 4.99 Å². The number of amides is 2. The monoisotopic (exact) mass is 255 g/mol. The van der Waals surface area contributed by atoms with Crippen LogP contribution in [-0.2, 0) is 9.59 Å². The van der Waals surface area contributed by atoms with E-state index in [1.54, 1.807) is 0 Å². The van der Waals surface area contributed by atoms with Crippen LogP contribution in [0.25, 0.3) is 0 Å². The van der Waals surface area contributed by atoms with Gasteiger partial charge < -0.3 is 22.1 Å². The molecule has 0 aromatic heterocycles. The first kappa shape index (κ1) is 14.3. The number of unbranched alkanes of at least 4 members (excludes halogenated alkanes) is 1. The summed E-state index contributed by atoms with van der Waals surface area (Å²) in [6, 6.07) is -0.255. The van der Waals surface area contributed by atoms with E-state index in [0.29, 0.717) is 25.8 Å². The van der Waals surface area contributed by atoms with E-state index in [0.717, 1.165) is 6.42 Å². The summed E-state index contributed by atoms with van der Waals surface area (Å²) < 4.78 is 0. The van der Waals surface area contributed by atoms with Crippen LogP contribution in [0.1, 0.15) is 32.6 Å². The minimum Gasteiger partial charge on any atom is -0.370 e. The summed E-state index contributed by atoms with van der Waals surface area (Å²) >= 11 is 0. The highest BCUT2D eigenvalue weighted by Gasteiger charge is 2.29. The second-order valence-corrected chi connectivity index (χ2v) is 4.53. The van der Waals surface area contributed by atoms with E-state index in [1.165, 1.54) is 0 Å². The molecule has 1 aliphatic heterocycles. The molecule has 102 valence electrons. The third-order valence-corrected chi connectivity index (χ3v) is 2.74. The van der Waals surface area contributed by atoms with E-state index in [-0.39, 0.29) is 29.9 Å². The summed E-state index contributed by atoms with van der Waals surface area (Å²) in [7, 11) is 0. The van der Waals surface area contributed by atoms with Gasteiger partial charge in [-0.2, -0.15) is 0 Å². The molecule has 1 saturated heterocycles. The Balaban J connectivity index is 2.14. The van der Waals surface area contributed by atoms with E-state index in [4.69, 9.17) is 11.5 Å². The van der Waals surface area contributed by atoms with E-state index in [9.17, 15) is 9.59 Å². The summed E-state index contributed by atoms with van der Waals surface area (Å²) in [5.41, 5.74) is 10.4. The molecule has 7 nitrogen and oxygen atoms in total. The maximum absolute atomic E-state index is 11.6. The van der Waals surface area contributed by atoms with Crippen LogP contribution >= 0.6 is 0 Å². The van der Waals surface area contributed by atoms with Crippen molar-refractivity contribution in [2.75, 3.05) is 6.54 Å². The van der Waals surface area contributed by atoms with Crippen LogP contribution in [-0.4, -0.2) is 36.4 Å². The predicted molar refractivity (Wildman–Crippen MR) is 68.7 cm³/mol. The molecule has 7 heteroatoms. The Morgan fingerprint density at radius 2 is 2.22 bits per heavy atom. The van der Waals surface area contributed by atoms with Crippen LogP contribution in [0.5, 0.6) is 0 Å². The number of hydrogen-bond acceptors (Lipinski definition) is 3. The Morgan fingerprint density at radius 1 is 1.50 bits per heavy atom. The van der Waals surface area contributed by atoms with Gasteiger partial charge in [0.15, 0.2) is 5.96 Å².